The first-order valence-electron chi connectivity index (χ1n) is 16.0. The van der Waals surface area contributed by atoms with Crippen LogP contribution in [0, 0.1) is 0 Å². The number of fused-ring (bicyclic) bond motifs is 2. The summed E-state index contributed by atoms with van der Waals surface area (Å²) in [6.07, 6.45) is 15.1. The van der Waals surface area contributed by atoms with Gasteiger partial charge in [0.25, 0.3) is 0 Å². The number of unbranched alkanes of at least 4 members (excludes halogenated alkanes) is 2. The summed E-state index contributed by atoms with van der Waals surface area (Å²) >= 11 is 7.15. The molecule has 2 aliphatic heterocycles. The highest BCUT2D eigenvalue weighted by atomic mass is 35.5. The van der Waals surface area contributed by atoms with Crippen molar-refractivity contribution in [1.29, 1.82) is 0 Å². The van der Waals surface area contributed by atoms with Crippen molar-refractivity contribution in [2.45, 2.75) is 96.4 Å². The number of hydrogen-bond donors (Lipinski definition) is 1. The van der Waals surface area contributed by atoms with Gasteiger partial charge in [-0.3, -0.25) is 4.79 Å². The van der Waals surface area contributed by atoms with Crippen LogP contribution in [-0.2, 0) is 15.6 Å². The maximum absolute atomic E-state index is 11.0. The molecule has 1 N–H and O–H groups in total. The predicted molar refractivity (Wildman–Crippen MR) is 181 cm³/mol. The Labute approximate surface area is 263 Å². The van der Waals surface area contributed by atoms with Gasteiger partial charge in [-0.15, -0.1) is 0 Å². The van der Waals surface area contributed by atoms with Crippen LogP contribution in [0.1, 0.15) is 90.7 Å². The van der Waals surface area contributed by atoms with Crippen molar-refractivity contribution in [3.8, 4) is 0 Å². The van der Waals surface area contributed by atoms with Crippen LogP contribution in [0.4, 0.5) is 11.4 Å². The molecule has 0 saturated carbocycles. The van der Waals surface area contributed by atoms with Crippen LogP contribution in [0.3, 0.4) is 0 Å². The molecule has 228 valence electrons. The largest absolute Gasteiger partial charge is 0.481 e. The standard InChI is InChI=1S/C38H47ClN2O2/c1-6-40-31-19-11-9-17-29(31)37(2,3)33(40)24-22-27-15-14-16-28(36(27)39)23-25-34-38(4,5)30-18-10-12-20-32(30)41(34)26-13-7-8-21-35(42)43/h9-12,17-20,22-25,34H,6-8,13-16,21,26H2,1-5H3,(H,42,43)/b25-23+,27-22+,33-24+. The van der Waals surface area contributed by atoms with E-state index < -0.39 is 5.97 Å². The molecule has 0 amide bonds. The Morgan fingerprint density at radius 1 is 0.953 bits per heavy atom. The molecule has 1 unspecified atom stereocenters. The van der Waals surface area contributed by atoms with Crippen LogP contribution < -0.4 is 9.80 Å². The molecular formula is C38H47ClN2O2. The quantitative estimate of drug-likeness (QED) is 0.276. The summed E-state index contributed by atoms with van der Waals surface area (Å²) in [5, 5.41) is 9.92. The van der Waals surface area contributed by atoms with E-state index in [0.29, 0.717) is 0 Å². The number of para-hydroxylation sites is 2. The summed E-state index contributed by atoms with van der Waals surface area (Å²) in [5.41, 5.74) is 8.98. The molecule has 0 saturated heterocycles. The van der Waals surface area contributed by atoms with Gasteiger partial charge in [0, 0.05) is 52.4 Å². The number of carbonyl (C=O) groups is 1. The van der Waals surface area contributed by atoms with Crippen molar-refractivity contribution >= 4 is 28.9 Å². The Bertz CT molecular complexity index is 1480. The fourth-order valence-electron chi connectivity index (χ4n) is 7.38. The first-order valence-corrected chi connectivity index (χ1v) is 16.4. The number of anilines is 2. The summed E-state index contributed by atoms with van der Waals surface area (Å²) in [7, 11) is 0. The number of benzene rings is 2. The lowest BCUT2D eigenvalue weighted by Gasteiger charge is -2.33. The summed E-state index contributed by atoms with van der Waals surface area (Å²) in [6, 6.07) is 17.7. The molecule has 1 aliphatic carbocycles. The molecule has 4 nitrogen and oxygen atoms in total. The topological polar surface area (TPSA) is 43.8 Å². The number of carboxylic acid groups (broad SMARTS) is 1. The van der Waals surface area contributed by atoms with E-state index >= 15 is 0 Å². The van der Waals surface area contributed by atoms with E-state index in [0.717, 1.165) is 56.6 Å². The zero-order valence-electron chi connectivity index (χ0n) is 26.5. The van der Waals surface area contributed by atoms with Crippen molar-refractivity contribution in [2.24, 2.45) is 0 Å². The van der Waals surface area contributed by atoms with Gasteiger partial charge >= 0.3 is 5.97 Å². The minimum absolute atomic E-state index is 0.0500. The van der Waals surface area contributed by atoms with Gasteiger partial charge in [-0.05, 0) is 79.5 Å². The van der Waals surface area contributed by atoms with Gasteiger partial charge in [0.1, 0.15) is 0 Å². The smallest absolute Gasteiger partial charge is 0.303 e. The SMILES string of the molecule is CCN1/C(=C/C=C2\CCCC(/C=C/C3N(CCCCCC(=O)O)c4ccccc4C3(C)C)=C2Cl)C(C)(C)c2ccccc21. The molecular weight excluding hydrogens is 552 g/mol. The van der Waals surface area contributed by atoms with E-state index in [-0.39, 0.29) is 23.3 Å². The molecule has 1 atom stereocenters. The number of nitrogens with zero attached hydrogens (tertiary/aromatic N) is 2. The van der Waals surface area contributed by atoms with E-state index in [1.54, 1.807) is 0 Å². The minimum Gasteiger partial charge on any atom is -0.481 e. The van der Waals surface area contributed by atoms with E-state index in [4.69, 9.17) is 16.7 Å². The number of hydrogen-bond acceptors (Lipinski definition) is 3. The van der Waals surface area contributed by atoms with Crippen LogP contribution in [0.15, 0.2) is 94.7 Å². The Morgan fingerprint density at radius 2 is 1.65 bits per heavy atom. The van der Waals surface area contributed by atoms with Gasteiger partial charge in [-0.1, -0.05) is 100 Å². The lowest BCUT2D eigenvalue weighted by molar-refractivity contribution is -0.137. The molecule has 3 aliphatic rings. The number of rotatable bonds is 10. The highest BCUT2D eigenvalue weighted by Gasteiger charge is 2.43. The third-order valence-corrected chi connectivity index (χ3v) is 10.3. The van der Waals surface area contributed by atoms with Gasteiger partial charge < -0.3 is 14.9 Å². The predicted octanol–water partition coefficient (Wildman–Crippen LogP) is 9.66. The summed E-state index contributed by atoms with van der Waals surface area (Å²) in [6.45, 7) is 13.4. The third kappa shape index (κ3) is 6.09. The Hall–Kier alpha value is -3.24. The zero-order valence-corrected chi connectivity index (χ0v) is 27.3. The van der Waals surface area contributed by atoms with Crippen LogP contribution in [-0.4, -0.2) is 30.2 Å². The first-order chi connectivity index (χ1) is 20.6. The second-order valence-electron chi connectivity index (χ2n) is 13.3. The average molecular weight is 599 g/mol. The number of carboxylic acids is 1. The fraction of sp³-hybridized carbons (Fsp3) is 0.447. The van der Waals surface area contributed by atoms with E-state index in [1.165, 1.54) is 39.3 Å². The van der Waals surface area contributed by atoms with Crippen LogP contribution in [0.2, 0.25) is 0 Å². The summed E-state index contributed by atoms with van der Waals surface area (Å²) < 4.78 is 0. The van der Waals surface area contributed by atoms with E-state index in [9.17, 15) is 4.79 Å². The second kappa shape index (κ2) is 12.8. The number of aliphatic carboxylic acids is 1. The molecule has 0 radical (unpaired) electrons. The Morgan fingerprint density at radius 3 is 2.37 bits per heavy atom. The van der Waals surface area contributed by atoms with Gasteiger partial charge in [-0.2, -0.15) is 0 Å². The molecule has 43 heavy (non-hydrogen) atoms. The van der Waals surface area contributed by atoms with Gasteiger partial charge in [0.15, 0.2) is 0 Å². The summed E-state index contributed by atoms with van der Waals surface area (Å²) in [4.78, 5) is 15.9. The molecule has 5 rings (SSSR count). The molecule has 2 heterocycles. The highest BCUT2D eigenvalue weighted by Crippen LogP contribution is 2.48. The van der Waals surface area contributed by atoms with Gasteiger partial charge in [-0.25, -0.2) is 0 Å². The van der Waals surface area contributed by atoms with Crippen LogP contribution >= 0.6 is 11.6 Å². The van der Waals surface area contributed by atoms with Crippen molar-refractivity contribution < 1.29 is 9.90 Å². The van der Waals surface area contributed by atoms with Crippen molar-refractivity contribution in [3.05, 3.63) is 106 Å². The third-order valence-electron chi connectivity index (χ3n) is 9.77. The fourth-order valence-corrected chi connectivity index (χ4v) is 7.70. The van der Waals surface area contributed by atoms with E-state index in [2.05, 4.69) is 117 Å². The van der Waals surface area contributed by atoms with E-state index in [1.807, 2.05) is 0 Å². The second-order valence-corrected chi connectivity index (χ2v) is 13.6. The molecule has 0 fully saturated rings. The Kier molecular flexibility index (Phi) is 9.27. The Balaban J connectivity index is 1.40. The normalized spacial score (nSPS) is 22.6. The highest BCUT2D eigenvalue weighted by molar-refractivity contribution is 6.32. The zero-order chi connectivity index (χ0) is 30.8. The molecule has 5 heteroatoms. The average Bonchev–Trinajstić information content (AvgIpc) is 3.34. The lowest BCUT2D eigenvalue weighted by Crippen LogP contribution is -2.40. The molecule has 0 aromatic heterocycles. The monoisotopic (exact) mass is 598 g/mol. The molecule has 0 bridgehead atoms. The van der Waals surface area contributed by atoms with Crippen LogP contribution in [0.25, 0.3) is 0 Å². The maximum atomic E-state index is 11.0. The lowest BCUT2D eigenvalue weighted by atomic mass is 9.80. The van der Waals surface area contributed by atoms with Crippen LogP contribution in [0.5, 0.6) is 0 Å². The van der Waals surface area contributed by atoms with Gasteiger partial charge in [0.05, 0.1) is 6.04 Å². The molecule has 0 spiro atoms. The molecule has 2 aromatic rings. The number of allylic oxidation sites excluding steroid dienone is 7. The van der Waals surface area contributed by atoms with Gasteiger partial charge in [0.2, 0.25) is 0 Å². The number of halogens is 1. The summed E-state index contributed by atoms with van der Waals surface area (Å²) in [5.74, 6) is -0.713. The van der Waals surface area contributed by atoms with Crippen molar-refractivity contribution in [1.82, 2.24) is 0 Å². The number of likely N-dealkylation sites (N-methyl/N-ethyl adjacent to an activating group) is 1. The van der Waals surface area contributed by atoms with Crippen molar-refractivity contribution in [2.75, 3.05) is 22.9 Å². The maximum Gasteiger partial charge on any atom is 0.303 e. The minimum atomic E-state index is -0.713. The van der Waals surface area contributed by atoms with Crippen molar-refractivity contribution in [3.63, 3.8) is 0 Å². The molecule has 2 aromatic carbocycles. The first kappa shape index (κ1) is 31.2.